The maximum atomic E-state index is 11.3. The van der Waals surface area contributed by atoms with Crippen LogP contribution >= 0.6 is 0 Å². The fourth-order valence-corrected chi connectivity index (χ4v) is 1.52. The SMILES string of the molecule is COC(=O)c1ccc2c(ccn2OC)c1. The quantitative estimate of drug-likeness (QED) is 0.697. The molecule has 0 saturated heterocycles. The molecule has 4 heteroatoms. The zero-order valence-electron chi connectivity index (χ0n) is 8.56. The molecule has 0 aliphatic rings. The monoisotopic (exact) mass is 205 g/mol. The summed E-state index contributed by atoms with van der Waals surface area (Å²) in [7, 11) is 2.96. The number of rotatable bonds is 2. The van der Waals surface area contributed by atoms with Gasteiger partial charge in [-0.1, -0.05) is 0 Å². The van der Waals surface area contributed by atoms with Crippen LogP contribution in [0.1, 0.15) is 10.4 Å². The Bertz CT molecular complexity index is 502. The Balaban J connectivity index is 2.53. The van der Waals surface area contributed by atoms with Crippen LogP contribution in [0.15, 0.2) is 30.5 Å². The summed E-state index contributed by atoms with van der Waals surface area (Å²) >= 11 is 0. The van der Waals surface area contributed by atoms with Crippen molar-refractivity contribution in [3.05, 3.63) is 36.0 Å². The summed E-state index contributed by atoms with van der Waals surface area (Å²) in [5.74, 6) is -0.331. The fraction of sp³-hybridized carbons (Fsp3) is 0.182. The number of fused-ring (bicyclic) bond motifs is 1. The summed E-state index contributed by atoms with van der Waals surface area (Å²) in [6, 6.07) is 7.19. The number of esters is 1. The normalized spacial score (nSPS) is 10.3. The van der Waals surface area contributed by atoms with Crippen LogP contribution in [0.5, 0.6) is 0 Å². The number of carbonyl (C=O) groups is 1. The molecule has 0 unspecified atom stereocenters. The molecular weight excluding hydrogens is 194 g/mol. The van der Waals surface area contributed by atoms with Crippen molar-refractivity contribution in [2.45, 2.75) is 0 Å². The van der Waals surface area contributed by atoms with Crippen molar-refractivity contribution < 1.29 is 14.4 Å². The molecule has 15 heavy (non-hydrogen) atoms. The highest BCUT2D eigenvalue weighted by Crippen LogP contribution is 2.17. The number of methoxy groups -OCH3 is 1. The topological polar surface area (TPSA) is 40.5 Å². The third kappa shape index (κ3) is 1.54. The third-order valence-electron chi connectivity index (χ3n) is 2.27. The number of ether oxygens (including phenoxy) is 1. The Labute approximate surface area is 87.0 Å². The van der Waals surface area contributed by atoms with Gasteiger partial charge in [-0.15, -0.1) is 0 Å². The number of aromatic nitrogens is 1. The first-order valence-corrected chi connectivity index (χ1v) is 4.50. The van der Waals surface area contributed by atoms with Crippen molar-refractivity contribution in [3.63, 3.8) is 0 Å². The molecule has 0 bridgehead atoms. The molecule has 0 aliphatic heterocycles. The highest BCUT2D eigenvalue weighted by atomic mass is 16.6. The van der Waals surface area contributed by atoms with E-state index in [1.807, 2.05) is 12.1 Å². The van der Waals surface area contributed by atoms with Crippen LogP contribution in [0.3, 0.4) is 0 Å². The predicted molar refractivity (Wildman–Crippen MR) is 55.8 cm³/mol. The van der Waals surface area contributed by atoms with Crippen molar-refractivity contribution in [1.82, 2.24) is 4.73 Å². The number of hydrogen-bond acceptors (Lipinski definition) is 3. The van der Waals surface area contributed by atoms with Crippen molar-refractivity contribution in [1.29, 1.82) is 0 Å². The molecule has 2 aromatic rings. The molecule has 0 saturated carbocycles. The van der Waals surface area contributed by atoms with Gasteiger partial charge in [-0.3, -0.25) is 0 Å². The van der Waals surface area contributed by atoms with E-state index in [-0.39, 0.29) is 5.97 Å². The lowest BCUT2D eigenvalue weighted by atomic mass is 10.1. The maximum absolute atomic E-state index is 11.3. The molecule has 0 spiro atoms. The zero-order chi connectivity index (χ0) is 10.8. The Morgan fingerprint density at radius 2 is 2.07 bits per heavy atom. The number of carbonyl (C=O) groups excluding carboxylic acids is 1. The van der Waals surface area contributed by atoms with Gasteiger partial charge in [-0.2, -0.15) is 4.73 Å². The van der Waals surface area contributed by atoms with E-state index in [1.54, 1.807) is 30.2 Å². The van der Waals surface area contributed by atoms with Crippen LogP contribution < -0.4 is 4.84 Å². The Morgan fingerprint density at radius 1 is 1.27 bits per heavy atom. The number of nitrogens with zero attached hydrogens (tertiary/aromatic N) is 1. The summed E-state index contributed by atoms with van der Waals surface area (Å²) in [5, 5.41) is 0.944. The predicted octanol–water partition coefficient (Wildman–Crippen LogP) is 1.49. The second-order valence-corrected chi connectivity index (χ2v) is 3.09. The summed E-state index contributed by atoms with van der Waals surface area (Å²) in [5.41, 5.74) is 1.46. The average molecular weight is 205 g/mol. The van der Waals surface area contributed by atoms with E-state index in [0.717, 1.165) is 10.9 Å². The van der Waals surface area contributed by atoms with Gasteiger partial charge in [-0.05, 0) is 24.3 Å². The smallest absolute Gasteiger partial charge is 0.337 e. The molecule has 1 aromatic heterocycles. The molecule has 78 valence electrons. The van der Waals surface area contributed by atoms with Gasteiger partial charge >= 0.3 is 5.97 Å². The molecule has 0 radical (unpaired) electrons. The summed E-state index contributed by atoms with van der Waals surface area (Å²) in [6.45, 7) is 0. The largest absolute Gasteiger partial charge is 0.465 e. The minimum atomic E-state index is -0.331. The minimum Gasteiger partial charge on any atom is -0.465 e. The number of hydrogen-bond donors (Lipinski definition) is 0. The summed E-state index contributed by atoms with van der Waals surface area (Å²) in [6.07, 6.45) is 1.80. The van der Waals surface area contributed by atoms with Gasteiger partial charge in [0.2, 0.25) is 0 Å². The minimum absolute atomic E-state index is 0.331. The Kier molecular flexibility index (Phi) is 2.33. The second kappa shape index (κ2) is 3.65. The van der Waals surface area contributed by atoms with Crippen LogP contribution in [0.25, 0.3) is 10.9 Å². The van der Waals surface area contributed by atoms with Gasteiger partial charge in [0.1, 0.15) is 7.11 Å². The molecule has 0 fully saturated rings. The van der Waals surface area contributed by atoms with E-state index >= 15 is 0 Å². The lowest BCUT2D eigenvalue weighted by molar-refractivity contribution is 0.0601. The van der Waals surface area contributed by atoms with Gasteiger partial charge in [0.15, 0.2) is 0 Å². The van der Waals surface area contributed by atoms with Crippen LogP contribution in [-0.2, 0) is 4.74 Å². The molecule has 4 nitrogen and oxygen atoms in total. The van der Waals surface area contributed by atoms with Crippen molar-refractivity contribution in [2.24, 2.45) is 0 Å². The lowest BCUT2D eigenvalue weighted by Gasteiger charge is -2.02. The van der Waals surface area contributed by atoms with E-state index in [4.69, 9.17) is 4.84 Å². The Morgan fingerprint density at radius 3 is 2.73 bits per heavy atom. The molecule has 1 aromatic carbocycles. The van der Waals surface area contributed by atoms with E-state index in [9.17, 15) is 4.79 Å². The van der Waals surface area contributed by atoms with E-state index in [1.165, 1.54) is 7.11 Å². The van der Waals surface area contributed by atoms with Gasteiger partial charge in [0.25, 0.3) is 0 Å². The van der Waals surface area contributed by atoms with Gasteiger partial charge in [-0.25, -0.2) is 4.79 Å². The van der Waals surface area contributed by atoms with E-state index in [0.29, 0.717) is 5.56 Å². The van der Waals surface area contributed by atoms with Crippen LogP contribution in [0.2, 0.25) is 0 Å². The molecule has 0 atom stereocenters. The molecule has 0 amide bonds. The van der Waals surface area contributed by atoms with E-state index in [2.05, 4.69) is 4.74 Å². The molecule has 0 aliphatic carbocycles. The molecule has 2 rings (SSSR count). The first-order chi connectivity index (χ1) is 7.26. The van der Waals surface area contributed by atoms with E-state index < -0.39 is 0 Å². The summed E-state index contributed by atoms with van der Waals surface area (Å²) in [4.78, 5) is 16.4. The van der Waals surface area contributed by atoms with Crippen molar-refractivity contribution in [3.8, 4) is 0 Å². The van der Waals surface area contributed by atoms with Gasteiger partial charge in [0.05, 0.1) is 18.2 Å². The molecule has 1 heterocycles. The standard InChI is InChI=1S/C11H11NO3/c1-14-11(13)9-3-4-10-8(7-9)5-6-12(10)15-2/h3-7H,1-2H3. The van der Waals surface area contributed by atoms with Gasteiger partial charge < -0.3 is 9.57 Å². The van der Waals surface area contributed by atoms with Crippen molar-refractivity contribution >= 4 is 16.9 Å². The van der Waals surface area contributed by atoms with Crippen molar-refractivity contribution in [2.75, 3.05) is 14.2 Å². The fourth-order valence-electron chi connectivity index (χ4n) is 1.52. The van der Waals surface area contributed by atoms with Crippen LogP contribution in [-0.4, -0.2) is 24.9 Å². The van der Waals surface area contributed by atoms with Crippen LogP contribution in [0.4, 0.5) is 0 Å². The molecular formula is C11H11NO3. The highest BCUT2D eigenvalue weighted by Gasteiger charge is 2.07. The third-order valence-corrected chi connectivity index (χ3v) is 2.27. The first-order valence-electron chi connectivity index (χ1n) is 4.50. The zero-order valence-corrected chi connectivity index (χ0v) is 8.56. The maximum Gasteiger partial charge on any atom is 0.337 e. The van der Waals surface area contributed by atoms with Gasteiger partial charge in [0, 0.05) is 11.6 Å². The lowest BCUT2D eigenvalue weighted by Crippen LogP contribution is -2.04. The Hall–Kier alpha value is -1.97. The average Bonchev–Trinajstić information content (AvgIpc) is 2.69. The summed E-state index contributed by atoms with van der Waals surface area (Å²) < 4.78 is 6.28. The number of benzene rings is 1. The second-order valence-electron chi connectivity index (χ2n) is 3.09. The molecule has 0 N–H and O–H groups in total. The first kappa shape index (κ1) is 9.58. The highest BCUT2D eigenvalue weighted by molar-refractivity contribution is 5.94. The van der Waals surface area contributed by atoms with Crippen LogP contribution in [0, 0.1) is 0 Å².